The number of piperidine rings is 1. The van der Waals surface area contributed by atoms with E-state index in [2.05, 4.69) is 14.9 Å². The van der Waals surface area contributed by atoms with E-state index in [1.807, 2.05) is 30.5 Å². The number of nitrogens with one attached hydrogen (secondary N) is 1. The van der Waals surface area contributed by atoms with Crippen molar-refractivity contribution in [3.8, 4) is 11.5 Å². The molecular weight excluding hydrogens is 266 g/mol. The van der Waals surface area contributed by atoms with Crippen LogP contribution in [0.4, 0.5) is 0 Å². The molecule has 21 heavy (non-hydrogen) atoms. The minimum atomic E-state index is 0.263. The van der Waals surface area contributed by atoms with Crippen LogP contribution in [-0.2, 0) is 6.54 Å². The van der Waals surface area contributed by atoms with E-state index < -0.39 is 0 Å². The molecule has 5 nitrogen and oxygen atoms in total. The van der Waals surface area contributed by atoms with Gasteiger partial charge in [-0.3, -0.25) is 4.90 Å². The summed E-state index contributed by atoms with van der Waals surface area (Å²) in [6.45, 7) is 3.01. The maximum Gasteiger partial charge on any atom is 0.161 e. The Labute approximate surface area is 124 Å². The van der Waals surface area contributed by atoms with Gasteiger partial charge in [-0.15, -0.1) is 0 Å². The number of likely N-dealkylation sites (tertiary alicyclic amines) is 1. The van der Waals surface area contributed by atoms with Gasteiger partial charge >= 0.3 is 0 Å². The third kappa shape index (κ3) is 3.55. The standard InChI is InChI=1S/C16H21N3O2/c1-20-15-4-2-3-5-16(15)21-14-6-8-19(9-7-14)11-13-10-17-12-18-13/h2-5,10,12,14H,6-9,11H2,1H3,(H,17,18). The van der Waals surface area contributed by atoms with E-state index >= 15 is 0 Å². The maximum absolute atomic E-state index is 6.09. The Bertz CT molecular complexity index is 548. The lowest BCUT2D eigenvalue weighted by atomic mass is 10.1. The van der Waals surface area contributed by atoms with Crippen molar-refractivity contribution in [1.29, 1.82) is 0 Å². The van der Waals surface area contributed by atoms with Crippen LogP contribution in [0.15, 0.2) is 36.8 Å². The molecule has 0 unspecified atom stereocenters. The highest BCUT2D eigenvalue weighted by molar-refractivity contribution is 5.39. The van der Waals surface area contributed by atoms with Crippen molar-refractivity contribution in [3.63, 3.8) is 0 Å². The zero-order valence-electron chi connectivity index (χ0n) is 12.3. The summed E-state index contributed by atoms with van der Waals surface area (Å²) < 4.78 is 11.4. The normalized spacial score (nSPS) is 16.8. The number of aromatic nitrogens is 2. The highest BCUT2D eigenvalue weighted by Gasteiger charge is 2.21. The number of nitrogens with zero attached hydrogens (tertiary/aromatic N) is 2. The number of methoxy groups -OCH3 is 1. The Hall–Kier alpha value is -2.01. The summed E-state index contributed by atoms with van der Waals surface area (Å²) in [6.07, 6.45) is 5.95. The van der Waals surface area contributed by atoms with Crippen molar-refractivity contribution in [2.45, 2.75) is 25.5 Å². The lowest BCUT2D eigenvalue weighted by molar-refractivity contribution is 0.0937. The van der Waals surface area contributed by atoms with Crippen LogP contribution in [0.3, 0.4) is 0 Å². The van der Waals surface area contributed by atoms with Gasteiger partial charge in [-0.25, -0.2) is 4.98 Å². The molecule has 0 saturated carbocycles. The summed E-state index contributed by atoms with van der Waals surface area (Å²) in [5.74, 6) is 1.64. The minimum absolute atomic E-state index is 0.263. The third-order valence-electron chi connectivity index (χ3n) is 3.85. The number of aromatic amines is 1. The van der Waals surface area contributed by atoms with Gasteiger partial charge in [-0.05, 0) is 25.0 Å². The summed E-state index contributed by atoms with van der Waals surface area (Å²) in [5, 5.41) is 0. The summed E-state index contributed by atoms with van der Waals surface area (Å²) in [4.78, 5) is 9.63. The molecular formula is C16H21N3O2. The maximum atomic E-state index is 6.09. The van der Waals surface area contributed by atoms with Crippen LogP contribution in [0.5, 0.6) is 11.5 Å². The summed E-state index contributed by atoms with van der Waals surface area (Å²) in [6, 6.07) is 7.84. The van der Waals surface area contributed by atoms with E-state index in [0.717, 1.165) is 44.0 Å². The molecule has 1 saturated heterocycles. The molecule has 0 spiro atoms. The van der Waals surface area contributed by atoms with Crippen LogP contribution in [0.25, 0.3) is 0 Å². The topological polar surface area (TPSA) is 50.4 Å². The Morgan fingerprint density at radius 3 is 2.67 bits per heavy atom. The number of ether oxygens (including phenoxy) is 2. The molecule has 1 aliphatic heterocycles. The fourth-order valence-corrected chi connectivity index (χ4v) is 2.69. The molecule has 5 heteroatoms. The zero-order valence-corrected chi connectivity index (χ0v) is 12.3. The third-order valence-corrected chi connectivity index (χ3v) is 3.85. The Kier molecular flexibility index (Phi) is 4.40. The minimum Gasteiger partial charge on any atom is -0.493 e. The number of imidazole rings is 1. The Morgan fingerprint density at radius 1 is 1.24 bits per heavy atom. The Morgan fingerprint density at radius 2 is 2.00 bits per heavy atom. The fraction of sp³-hybridized carbons (Fsp3) is 0.438. The van der Waals surface area contributed by atoms with Crippen LogP contribution >= 0.6 is 0 Å². The average molecular weight is 287 g/mol. The first-order chi connectivity index (χ1) is 10.3. The molecule has 0 radical (unpaired) electrons. The molecule has 2 heterocycles. The summed E-state index contributed by atoms with van der Waals surface area (Å²) in [7, 11) is 1.68. The quantitative estimate of drug-likeness (QED) is 0.918. The van der Waals surface area contributed by atoms with E-state index in [0.29, 0.717) is 0 Å². The second kappa shape index (κ2) is 6.63. The van der Waals surface area contributed by atoms with Gasteiger partial charge in [0, 0.05) is 31.5 Å². The van der Waals surface area contributed by atoms with Gasteiger partial charge in [-0.1, -0.05) is 12.1 Å². The second-order valence-electron chi connectivity index (χ2n) is 5.32. The number of hydrogen-bond donors (Lipinski definition) is 1. The first kappa shape index (κ1) is 13.9. The highest BCUT2D eigenvalue weighted by Crippen LogP contribution is 2.29. The van der Waals surface area contributed by atoms with Crippen molar-refractivity contribution in [2.75, 3.05) is 20.2 Å². The number of H-pyrrole nitrogens is 1. The summed E-state index contributed by atoms with van der Waals surface area (Å²) >= 11 is 0. The van der Waals surface area contributed by atoms with E-state index in [1.54, 1.807) is 13.4 Å². The molecule has 1 aromatic heterocycles. The predicted molar refractivity (Wildman–Crippen MR) is 80.5 cm³/mol. The average Bonchev–Trinajstić information content (AvgIpc) is 3.03. The van der Waals surface area contributed by atoms with Gasteiger partial charge in [0.05, 0.1) is 13.4 Å². The Balaban J connectivity index is 1.51. The van der Waals surface area contributed by atoms with Crippen LogP contribution < -0.4 is 9.47 Å². The number of para-hydroxylation sites is 2. The zero-order chi connectivity index (χ0) is 14.5. The molecule has 0 bridgehead atoms. The number of hydrogen-bond acceptors (Lipinski definition) is 4. The number of rotatable bonds is 5. The molecule has 0 atom stereocenters. The van der Waals surface area contributed by atoms with Crippen molar-refractivity contribution in [2.24, 2.45) is 0 Å². The smallest absolute Gasteiger partial charge is 0.161 e. The van der Waals surface area contributed by atoms with Gasteiger partial charge in [-0.2, -0.15) is 0 Å². The van der Waals surface area contributed by atoms with Crippen molar-refractivity contribution < 1.29 is 9.47 Å². The SMILES string of the molecule is COc1ccccc1OC1CCN(Cc2cnc[nH]2)CC1. The molecule has 1 aliphatic rings. The van der Waals surface area contributed by atoms with Gasteiger partial charge in [0.25, 0.3) is 0 Å². The molecule has 0 amide bonds. The van der Waals surface area contributed by atoms with Gasteiger partial charge in [0.1, 0.15) is 6.10 Å². The number of benzene rings is 1. The predicted octanol–water partition coefficient (Wildman–Crippen LogP) is 2.46. The molecule has 1 fully saturated rings. The van der Waals surface area contributed by atoms with Crippen LogP contribution in [0.2, 0.25) is 0 Å². The van der Waals surface area contributed by atoms with E-state index in [-0.39, 0.29) is 6.10 Å². The largest absolute Gasteiger partial charge is 0.493 e. The van der Waals surface area contributed by atoms with Crippen LogP contribution in [0.1, 0.15) is 18.5 Å². The van der Waals surface area contributed by atoms with Crippen molar-refractivity contribution in [1.82, 2.24) is 14.9 Å². The lowest BCUT2D eigenvalue weighted by Gasteiger charge is -2.32. The van der Waals surface area contributed by atoms with Crippen molar-refractivity contribution in [3.05, 3.63) is 42.5 Å². The van der Waals surface area contributed by atoms with Gasteiger partial charge in [0.15, 0.2) is 11.5 Å². The molecule has 3 rings (SSSR count). The van der Waals surface area contributed by atoms with Crippen LogP contribution in [-0.4, -0.2) is 41.2 Å². The van der Waals surface area contributed by atoms with Gasteiger partial charge < -0.3 is 14.5 Å². The molecule has 2 aromatic rings. The van der Waals surface area contributed by atoms with Crippen LogP contribution in [0, 0.1) is 0 Å². The van der Waals surface area contributed by atoms with Crippen molar-refractivity contribution >= 4 is 0 Å². The van der Waals surface area contributed by atoms with E-state index in [4.69, 9.17) is 9.47 Å². The fourth-order valence-electron chi connectivity index (χ4n) is 2.69. The van der Waals surface area contributed by atoms with E-state index in [1.165, 1.54) is 5.69 Å². The first-order valence-electron chi connectivity index (χ1n) is 7.34. The second-order valence-corrected chi connectivity index (χ2v) is 5.32. The molecule has 1 N–H and O–H groups in total. The summed E-state index contributed by atoms with van der Waals surface area (Å²) in [5.41, 5.74) is 1.17. The lowest BCUT2D eigenvalue weighted by Crippen LogP contribution is -2.37. The molecule has 0 aliphatic carbocycles. The van der Waals surface area contributed by atoms with Gasteiger partial charge in [0.2, 0.25) is 0 Å². The monoisotopic (exact) mass is 287 g/mol. The molecule has 112 valence electrons. The molecule has 1 aromatic carbocycles. The first-order valence-corrected chi connectivity index (χ1v) is 7.34. The highest BCUT2D eigenvalue weighted by atomic mass is 16.5. The van der Waals surface area contributed by atoms with E-state index in [9.17, 15) is 0 Å².